The predicted octanol–water partition coefficient (Wildman–Crippen LogP) is 4.18. The Morgan fingerprint density at radius 3 is 2.63 bits per heavy atom. The summed E-state index contributed by atoms with van der Waals surface area (Å²) < 4.78 is 0. The van der Waals surface area contributed by atoms with Gasteiger partial charge in [-0.25, -0.2) is 9.97 Å². The maximum Gasteiger partial charge on any atom is 0.274 e. The molecule has 0 saturated carbocycles. The van der Waals surface area contributed by atoms with E-state index < -0.39 is 0 Å². The van der Waals surface area contributed by atoms with Gasteiger partial charge in [0.25, 0.3) is 5.91 Å². The zero-order chi connectivity index (χ0) is 19.1. The lowest BCUT2D eigenvalue weighted by Crippen LogP contribution is -2.32. The van der Waals surface area contributed by atoms with Crippen LogP contribution in [0.25, 0.3) is 0 Å². The van der Waals surface area contributed by atoms with Gasteiger partial charge in [-0.1, -0.05) is 20.3 Å². The van der Waals surface area contributed by atoms with Gasteiger partial charge in [-0.2, -0.15) is 0 Å². The number of amides is 1. The quantitative estimate of drug-likeness (QED) is 0.719. The molecule has 0 aliphatic carbocycles. The van der Waals surface area contributed by atoms with Crippen LogP contribution in [0.3, 0.4) is 0 Å². The van der Waals surface area contributed by atoms with Crippen molar-refractivity contribution in [2.45, 2.75) is 39.5 Å². The first-order valence-electron chi connectivity index (χ1n) is 9.88. The highest BCUT2D eigenvalue weighted by atomic mass is 16.1. The summed E-state index contributed by atoms with van der Waals surface area (Å²) in [6, 6.07) is 9.74. The first-order valence-corrected chi connectivity index (χ1v) is 9.88. The molecule has 1 aliphatic heterocycles. The second kappa shape index (κ2) is 9.35. The molecular weight excluding hydrogens is 338 g/mol. The van der Waals surface area contributed by atoms with Crippen molar-refractivity contribution in [1.29, 1.82) is 0 Å². The average Bonchev–Trinajstić information content (AvgIpc) is 2.70. The molecule has 1 fully saturated rings. The summed E-state index contributed by atoms with van der Waals surface area (Å²) in [6.45, 7) is 7.49. The Kier molecular flexibility index (Phi) is 6.63. The third-order valence-electron chi connectivity index (χ3n) is 5.01. The lowest BCUT2D eigenvalue weighted by molar-refractivity contribution is 0.102. The van der Waals surface area contributed by atoms with E-state index in [1.165, 1.54) is 24.9 Å². The maximum atomic E-state index is 12.5. The van der Waals surface area contributed by atoms with Gasteiger partial charge in [-0.3, -0.25) is 4.79 Å². The number of hydrogen-bond acceptors (Lipinski definition) is 5. The van der Waals surface area contributed by atoms with Crippen molar-refractivity contribution < 1.29 is 4.79 Å². The Morgan fingerprint density at radius 1 is 1.19 bits per heavy atom. The smallest absolute Gasteiger partial charge is 0.274 e. The highest BCUT2D eigenvalue weighted by Crippen LogP contribution is 2.24. The number of piperidine rings is 1. The summed E-state index contributed by atoms with van der Waals surface area (Å²) in [5.74, 6) is 1.27. The van der Waals surface area contributed by atoms with Gasteiger partial charge in [0.1, 0.15) is 17.8 Å². The van der Waals surface area contributed by atoms with E-state index in [2.05, 4.69) is 51.5 Å². The van der Waals surface area contributed by atoms with E-state index in [1.54, 1.807) is 6.07 Å². The van der Waals surface area contributed by atoms with Crippen molar-refractivity contribution in [3.05, 3.63) is 42.4 Å². The molecule has 1 aromatic heterocycles. The molecule has 3 rings (SSSR count). The second-order valence-corrected chi connectivity index (χ2v) is 7.24. The van der Waals surface area contributed by atoms with E-state index in [0.717, 1.165) is 44.1 Å². The largest absolute Gasteiger partial charge is 0.372 e. The van der Waals surface area contributed by atoms with E-state index in [4.69, 9.17) is 0 Å². The topological polar surface area (TPSA) is 70.2 Å². The van der Waals surface area contributed by atoms with E-state index in [1.807, 2.05) is 12.1 Å². The van der Waals surface area contributed by atoms with Gasteiger partial charge in [0.05, 0.1) is 0 Å². The molecule has 2 aromatic rings. The maximum absolute atomic E-state index is 12.5. The van der Waals surface area contributed by atoms with Crippen molar-refractivity contribution in [1.82, 2.24) is 9.97 Å². The summed E-state index contributed by atoms with van der Waals surface area (Å²) in [5.41, 5.74) is 2.34. The van der Waals surface area contributed by atoms with Crippen LogP contribution in [0.4, 0.5) is 17.2 Å². The van der Waals surface area contributed by atoms with E-state index >= 15 is 0 Å². The highest BCUT2D eigenvalue weighted by Gasteiger charge is 2.16. The Balaban J connectivity index is 1.58. The number of hydrogen-bond donors (Lipinski definition) is 2. The Hall–Kier alpha value is -2.63. The molecule has 0 atom stereocenters. The van der Waals surface area contributed by atoms with Crippen LogP contribution in [0.1, 0.15) is 50.0 Å². The Labute approximate surface area is 161 Å². The number of aromatic nitrogens is 2. The molecule has 0 unspecified atom stereocenters. The summed E-state index contributed by atoms with van der Waals surface area (Å²) in [6.07, 6.45) is 6.07. The predicted molar refractivity (Wildman–Crippen MR) is 110 cm³/mol. The number of carbonyl (C=O) groups excluding carboxylic acids is 1. The molecule has 27 heavy (non-hydrogen) atoms. The number of nitrogens with one attached hydrogen (secondary N) is 2. The van der Waals surface area contributed by atoms with Crippen molar-refractivity contribution in [2.24, 2.45) is 5.92 Å². The number of rotatable bonds is 7. The number of anilines is 3. The SMILES string of the molecule is CCCCNc1cc(C(=O)Nc2ccc(N3CCC(C)CC3)cc2)ncn1. The van der Waals surface area contributed by atoms with Crippen LogP contribution in [-0.4, -0.2) is 35.5 Å². The van der Waals surface area contributed by atoms with Crippen LogP contribution < -0.4 is 15.5 Å². The van der Waals surface area contributed by atoms with E-state index in [9.17, 15) is 4.79 Å². The van der Waals surface area contributed by atoms with Gasteiger partial charge in [0.15, 0.2) is 0 Å². The lowest BCUT2D eigenvalue weighted by atomic mass is 9.99. The summed E-state index contributed by atoms with van der Waals surface area (Å²) in [5, 5.41) is 6.13. The van der Waals surface area contributed by atoms with Crippen LogP contribution in [0.5, 0.6) is 0 Å². The third-order valence-corrected chi connectivity index (χ3v) is 5.01. The molecule has 0 spiro atoms. The normalized spacial score (nSPS) is 14.8. The first-order chi connectivity index (χ1) is 13.2. The summed E-state index contributed by atoms with van der Waals surface area (Å²) in [4.78, 5) is 23.1. The van der Waals surface area contributed by atoms with Gasteiger partial charge >= 0.3 is 0 Å². The Bertz CT molecular complexity index is 738. The van der Waals surface area contributed by atoms with Crippen molar-refractivity contribution in [3.8, 4) is 0 Å². The van der Waals surface area contributed by atoms with Crippen molar-refractivity contribution in [3.63, 3.8) is 0 Å². The fourth-order valence-corrected chi connectivity index (χ4v) is 3.19. The van der Waals surface area contributed by atoms with Crippen molar-refractivity contribution in [2.75, 3.05) is 35.2 Å². The van der Waals surface area contributed by atoms with Crippen LogP contribution in [0.15, 0.2) is 36.7 Å². The molecule has 2 heterocycles. The third kappa shape index (κ3) is 5.42. The molecule has 0 radical (unpaired) electrons. The molecule has 6 heteroatoms. The fraction of sp³-hybridized carbons (Fsp3) is 0.476. The molecule has 1 saturated heterocycles. The standard InChI is InChI=1S/C21H29N5O/c1-3-4-11-22-20-14-19(23-15-24-20)21(27)25-17-5-7-18(8-6-17)26-12-9-16(2)10-13-26/h5-8,14-16H,3-4,9-13H2,1-2H3,(H,25,27)(H,22,23,24). The zero-order valence-corrected chi connectivity index (χ0v) is 16.2. The van der Waals surface area contributed by atoms with Crippen LogP contribution in [0.2, 0.25) is 0 Å². The average molecular weight is 367 g/mol. The minimum Gasteiger partial charge on any atom is -0.372 e. The summed E-state index contributed by atoms with van der Waals surface area (Å²) in [7, 11) is 0. The molecule has 0 bridgehead atoms. The van der Waals surface area contributed by atoms with Gasteiger partial charge in [-0.15, -0.1) is 0 Å². The van der Waals surface area contributed by atoms with Gasteiger partial charge < -0.3 is 15.5 Å². The van der Waals surface area contributed by atoms with E-state index in [0.29, 0.717) is 11.5 Å². The molecule has 1 aromatic carbocycles. The minimum absolute atomic E-state index is 0.226. The van der Waals surface area contributed by atoms with Gasteiger partial charge in [0, 0.05) is 37.1 Å². The van der Waals surface area contributed by atoms with Gasteiger partial charge in [-0.05, 0) is 49.4 Å². The molecule has 144 valence electrons. The minimum atomic E-state index is -0.226. The first kappa shape index (κ1) is 19.1. The summed E-state index contributed by atoms with van der Waals surface area (Å²) >= 11 is 0. The van der Waals surface area contributed by atoms with Crippen LogP contribution in [-0.2, 0) is 0 Å². The van der Waals surface area contributed by atoms with Crippen molar-refractivity contribution >= 4 is 23.1 Å². The molecule has 6 nitrogen and oxygen atoms in total. The number of unbranched alkanes of at least 4 members (excludes halogenated alkanes) is 1. The number of nitrogens with zero attached hydrogens (tertiary/aromatic N) is 3. The van der Waals surface area contributed by atoms with Gasteiger partial charge in [0.2, 0.25) is 0 Å². The Morgan fingerprint density at radius 2 is 1.93 bits per heavy atom. The monoisotopic (exact) mass is 367 g/mol. The lowest BCUT2D eigenvalue weighted by Gasteiger charge is -2.32. The number of benzene rings is 1. The fourth-order valence-electron chi connectivity index (χ4n) is 3.19. The van der Waals surface area contributed by atoms with Crippen LogP contribution >= 0.6 is 0 Å². The van der Waals surface area contributed by atoms with Crippen LogP contribution in [0, 0.1) is 5.92 Å². The number of carbonyl (C=O) groups is 1. The highest BCUT2D eigenvalue weighted by molar-refractivity contribution is 6.03. The zero-order valence-electron chi connectivity index (χ0n) is 16.2. The van der Waals surface area contributed by atoms with E-state index in [-0.39, 0.29) is 5.91 Å². The molecule has 1 amide bonds. The molecular formula is C21H29N5O. The molecule has 1 aliphatic rings. The second-order valence-electron chi connectivity index (χ2n) is 7.24. The molecule has 2 N–H and O–H groups in total.